The molecule has 2 N–H and O–H groups in total. The maximum Gasteiger partial charge on any atom is 0.132 e. The molecule has 0 aliphatic heterocycles. The maximum atomic E-state index is 11.8. The minimum absolute atomic E-state index is 0.155. The second-order valence-corrected chi connectivity index (χ2v) is 11.5. The highest BCUT2D eigenvalue weighted by atomic mass is 16.3. The molecule has 0 bridgehead atoms. The lowest BCUT2D eigenvalue weighted by Gasteiger charge is -2.52. The summed E-state index contributed by atoms with van der Waals surface area (Å²) in [4.78, 5) is 0. The molecule has 2 aromatic rings. The van der Waals surface area contributed by atoms with Crippen LogP contribution in [0.1, 0.15) is 61.6 Å². The van der Waals surface area contributed by atoms with Crippen molar-refractivity contribution in [1.82, 2.24) is 4.48 Å². The second-order valence-electron chi connectivity index (χ2n) is 11.5. The van der Waals surface area contributed by atoms with Crippen molar-refractivity contribution in [3.63, 3.8) is 0 Å². The van der Waals surface area contributed by atoms with E-state index < -0.39 is 5.60 Å². The zero-order valence-electron chi connectivity index (χ0n) is 19.9. The lowest BCUT2D eigenvalue weighted by Crippen LogP contribution is -2.50. The third kappa shape index (κ3) is 3.36. The molecule has 3 heteroatoms. The van der Waals surface area contributed by atoms with Gasteiger partial charge in [0.05, 0.1) is 21.1 Å². The third-order valence-electron chi connectivity index (χ3n) is 8.92. The maximum absolute atomic E-state index is 11.8. The summed E-state index contributed by atoms with van der Waals surface area (Å²) in [5.41, 5.74) is 3.89. The minimum atomic E-state index is -0.920. The molecule has 2 saturated carbocycles. The first-order chi connectivity index (χ1) is 15.1. The number of rotatable bonds is 1. The molecule has 0 radical (unpaired) electrons. The normalized spacial score (nSPS) is 33.5. The fourth-order valence-electron chi connectivity index (χ4n) is 6.96. The average Bonchev–Trinajstić information content (AvgIpc) is 3.03. The predicted octanol–water partition coefficient (Wildman–Crippen LogP) is 5.23. The molecular weight excluding hydrogens is 394 g/mol. The second kappa shape index (κ2) is 7.37. The van der Waals surface area contributed by atoms with Crippen LogP contribution in [-0.4, -0.2) is 37.0 Å². The third-order valence-corrected chi connectivity index (χ3v) is 8.92. The van der Waals surface area contributed by atoms with E-state index in [0.29, 0.717) is 23.5 Å². The van der Waals surface area contributed by atoms with Crippen molar-refractivity contribution in [2.24, 2.45) is 17.3 Å². The van der Waals surface area contributed by atoms with Crippen LogP contribution < -0.4 is 4.48 Å². The Morgan fingerprint density at radius 3 is 2.44 bits per heavy atom. The van der Waals surface area contributed by atoms with Crippen LogP contribution in [-0.2, 0) is 6.42 Å². The number of aryl methyl sites for hydroxylation is 1. The van der Waals surface area contributed by atoms with E-state index in [2.05, 4.69) is 70.2 Å². The predicted molar refractivity (Wildman–Crippen MR) is 131 cm³/mol. The van der Waals surface area contributed by atoms with Gasteiger partial charge in [-0.15, -0.1) is 0 Å². The topological polar surface area (TPSA) is 40.5 Å². The van der Waals surface area contributed by atoms with E-state index in [9.17, 15) is 10.2 Å². The Labute approximate surface area is 192 Å². The zero-order valence-corrected chi connectivity index (χ0v) is 19.9. The number of fused-ring (bicyclic) bond motifs is 5. The van der Waals surface area contributed by atoms with Gasteiger partial charge in [-0.1, -0.05) is 24.8 Å². The van der Waals surface area contributed by atoms with Crippen molar-refractivity contribution < 1.29 is 10.2 Å². The molecule has 0 heterocycles. The molecule has 5 atom stereocenters. The van der Waals surface area contributed by atoms with Gasteiger partial charge in [0.1, 0.15) is 17.0 Å². The highest BCUT2D eigenvalue weighted by molar-refractivity contribution is 5.48. The summed E-state index contributed by atoms with van der Waals surface area (Å²) < 4.78 is 0.780. The van der Waals surface area contributed by atoms with Gasteiger partial charge in [0.25, 0.3) is 0 Å². The fourth-order valence-corrected chi connectivity index (χ4v) is 6.96. The number of hydrogen-bond donors (Lipinski definition) is 2. The van der Waals surface area contributed by atoms with Gasteiger partial charge in [-0.2, -0.15) is 0 Å². The van der Waals surface area contributed by atoms with Gasteiger partial charge in [-0.25, -0.2) is 0 Å². The number of phenols is 1. The van der Waals surface area contributed by atoms with Crippen molar-refractivity contribution in [3.8, 4) is 17.6 Å². The molecule has 0 spiro atoms. The van der Waals surface area contributed by atoms with E-state index >= 15 is 0 Å². The molecule has 5 rings (SSSR count). The highest BCUT2D eigenvalue weighted by Gasteiger charge is 2.61. The summed E-state index contributed by atoms with van der Waals surface area (Å²) in [6.07, 6.45) is 6.10. The van der Waals surface area contributed by atoms with Gasteiger partial charge in [-0.05, 0) is 91.7 Å². The molecule has 0 saturated heterocycles. The monoisotopic (exact) mass is 430 g/mol. The van der Waals surface area contributed by atoms with Crippen LogP contribution in [0.5, 0.6) is 5.75 Å². The number of nitrogens with zero attached hydrogens (tertiary/aromatic N) is 1. The molecule has 2 aromatic carbocycles. The molecule has 0 aromatic heterocycles. The van der Waals surface area contributed by atoms with E-state index in [1.807, 2.05) is 12.1 Å². The number of aliphatic hydroxyl groups is 1. The van der Waals surface area contributed by atoms with Gasteiger partial charge in [0, 0.05) is 23.1 Å². The summed E-state index contributed by atoms with van der Waals surface area (Å²) in [6, 6.07) is 14.4. The van der Waals surface area contributed by atoms with Gasteiger partial charge in [0.15, 0.2) is 0 Å². The first-order valence-corrected chi connectivity index (χ1v) is 12.1. The smallest absolute Gasteiger partial charge is 0.132 e. The Morgan fingerprint density at radius 2 is 1.72 bits per heavy atom. The van der Waals surface area contributed by atoms with Gasteiger partial charge < -0.3 is 10.2 Å². The Morgan fingerprint density at radius 1 is 0.969 bits per heavy atom. The Kier molecular flexibility index (Phi) is 4.97. The van der Waals surface area contributed by atoms with Crippen LogP contribution in [0.15, 0.2) is 42.5 Å². The molecule has 3 nitrogen and oxygen atoms in total. The summed E-state index contributed by atoms with van der Waals surface area (Å²) in [6.45, 7) is 2.29. The highest BCUT2D eigenvalue weighted by Crippen LogP contribution is 2.64. The Bertz CT molecular complexity index is 1090. The van der Waals surface area contributed by atoms with E-state index in [-0.39, 0.29) is 5.41 Å². The fraction of sp³-hybridized carbons (Fsp3) is 0.517. The van der Waals surface area contributed by atoms with Gasteiger partial charge in [0.2, 0.25) is 0 Å². The number of quaternary nitrogens is 1. The molecule has 3 unspecified atom stereocenters. The molecule has 3 aliphatic rings. The van der Waals surface area contributed by atoms with Gasteiger partial charge >= 0.3 is 0 Å². The lowest BCUT2D eigenvalue weighted by atomic mass is 9.53. The zero-order chi connectivity index (χ0) is 22.7. The molecular formula is C29H36NO2+. The van der Waals surface area contributed by atoms with Crippen molar-refractivity contribution >= 4 is 5.69 Å². The molecule has 168 valence electrons. The number of hydrogen-bond acceptors (Lipinski definition) is 2. The SMILES string of the molecule is C[C@]12CCC3c4ccc(O)cc4CCC3C1CC[C@@]2(O)C#Cc1ccc([N+](C)(C)C)cc1. The number of phenolic OH excluding ortho intramolecular Hbond substituents is 1. The standard InChI is InChI=1S/C29H35NO2/c1-28-16-14-25-24-12-10-23(31)19-21(24)7-11-26(25)27(28)15-18-29(28,32)17-13-20-5-8-22(9-6-20)30(2,3)4/h5-6,8-10,12,19,25-27,32H,7,11,14-16,18H2,1-4H3/p+1/t25?,26?,27?,28-,29-/m0/s1. The Balaban J connectivity index is 1.40. The summed E-state index contributed by atoms with van der Waals surface area (Å²) in [7, 11) is 6.48. The molecule has 2 fully saturated rings. The van der Waals surface area contributed by atoms with Gasteiger partial charge in [-0.3, -0.25) is 4.48 Å². The van der Waals surface area contributed by atoms with Crippen LogP contribution in [0.3, 0.4) is 0 Å². The average molecular weight is 431 g/mol. The molecule has 0 amide bonds. The first kappa shape index (κ1) is 21.6. The van der Waals surface area contributed by atoms with Crippen LogP contribution >= 0.6 is 0 Å². The summed E-state index contributed by atoms with van der Waals surface area (Å²) in [5.74, 6) is 8.72. The Hall–Kier alpha value is -2.28. The van der Waals surface area contributed by atoms with Crippen LogP contribution in [0.25, 0.3) is 0 Å². The lowest BCUT2D eigenvalue weighted by molar-refractivity contribution is -0.0647. The number of aromatic hydroxyl groups is 1. The van der Waals surface area contributed by atoms with Crippen LogP contribution in [0, 0.1) is 29.1 Å². The summed E-state index contributed by atoms with van der Waals surface area (Å²) >= 11 is 0. The van der Waals surface area contributed by atoms with E-state index in [4.69, 9.17) is 0 Å². The minimum Gasteiger partial charge on any atom is -0.508 e. The van der Waals surface area contributed by atoms with E-state index in [1.165, 1.54) is 16.8 Å². The largest absolute Gasteiger partial charge is 0.508 e. The number of benzene rings is 2. The van der Waals surface area contributed by atoms with Crippen molar-refractivity contribution in [3.05, 3.63) is 59.2 Å². The van der Waals surface area contributed by atoms with E-state index in [1.54, 1.807) is 0 Å². The van der Waals surface area contributed by atoms with Crippen LogP contribution in [0.2, 0.25) is 0 Å². The van der Waals surface area contributed by atoms with Crippen molar-refractivity contribution in [2.75, 3.05) is 21.1 Å². The van der Waals surface area contributed by atoms with Crippen molar-refractivity contribution in [2.45, 2.75) is 57.0 Å². The van der Waals surface area contributed by atoms with E-state index in [0.717, 1.165) is 48.6 Å². The van der Waals surface area contributed by atoms with Crippen LogP contribution in [0.4, 0.5) is 5.69 Å². The van der Waals surface area contributed by atoms with Crippen molar-refractivity contribution in [1.29, 1.82) is 0 Å². The quantitative estimate of drug-likeness (QED) is 0.481. The molecule has 32 heavy (non-hydrogen) atoms. The summed E-state index contributed by atoms with van der Waals surface area (Å²) in [5, 5.41) is 21.7. The first-order valence-electron chi connectivity index (χ1n) is 12.1. The molecule has 3 aliphatic carbocycles.